The molecule has 1 rings (SSSR count). The Morgan fingerprint density at radius 1 is 1.21 bits per heavy atom. The zero-order valence-corrected chi connectivity index (χ0v) is 12.5. The third kappa shape index (κ3) is 5.18. The van der Waals surface area contributed by atoms with Crippen molar-refractivity contribution in [2.75, 3.05) is 20.2 Å². The highest BCUT2D eigenvalue weighted by atomic mass is 32.2. The number of benzene rings is 1. The summed E-state index contributed by atoms with van der Waals surface area (Å²) >= 11 is 0. The van der Waals surface area contributed by atoms with Gasteiger partial charge in [-0.2, -0.15) is 0 Å². The molecule has 0 saturated heterocycles. The van der Waals surface area contributed by atoms with Crippen LogP contribution >= 0.6 is 0 Å². The van der Waals surface area contributed by atoms with Crippen molar-refractivity contribution in [1.29, 1.82) is 0 Å². The molecule has 1 aromatic rings. The Morgan fingerprint density at radius 2 is 1.89 bits per heavy atom. The second-order valence-electron chi connectivity index (χ2n) is 4.51. The van der Waals surface area contributed by atoms with E-state index in [9.17, 15) is 8.42 Å². The number of rotatable bonds is 8. The average Bonchev–Trinajstić information content (AvgIpc) is 2.37. The molecule has 0 heterocycles. The van der Waals surface area contributed by atoms with Crippen molar-refractivity contribution in [2.45, 2.75) is 31.2 Å². The van der Waals surface area contributed by atoms with Crippen LogP contribution in [0.5, 0.6) is 5.75 Å². The van der Waals surface area contributed by atoms with Crippen molar-refractivity contribution in [3.05, 3.63) is 24.3 Å². The van der Waals surface area contributed by atoms with E-state index in [1.54, 1.807) is 18.2 Å². The lowest BCUT2D eigenvalue weighted by Gasteiger charge is -2.11. The van der Waals surface area contributed by atoms with Gasteiger partial charge < -0.3 is 10.1 Å². The SMILES string of the molecule is COc1ccccc1S(=O)(=O)NCCCNC(C)C. The van der Waals surface area contributed by atoms with E-state index in [-0.39, 0.29) is 4.90 Å². The van der Waals surface area contributed by atoms with E-state index in [1.165, 1.54) is 13.2 Å². The number of sulfonamides is 1. The minimum Gasteiger partial charge on any atom is -0.495 e. The minimum atomic E-state index is -3.51. The lowest BCUT2D eigenvalue weighted by atomic mass is 10.3. The van der Waals surface area contributed by atoms with Gasteiger partial charge in [0.25, 0.3) is 0 Å². The summed E-state index contributed by atoms with van der Waals surface area (Å²) in [5.41, 5.74) is 0. The lowest BCUT2D eigenvalue weighted by Crippen LogP contribution is -2.30. The van der Waals surface area contributed by atoms with Crippen LogP contribution in [0.4, 0.5) is 0 Å². The Bertz CT molecular complexity index is 486. The van der Waals surface area contributed by atoms with Gasteiger partial charge in [-0.3, -0.25) is 0 Å². The summed E-state index contributed by atoms with van der Waals surface area (Å²) in [6, 6.07) is 7.00. The van der Waals surface area contributed by atoms with Crippen LogP contribution in [0.3, 0.4) is 0 Å². The van der Waals surface area contributed by atoms with E-state index in [1.807, 2.05) is 0 Å². The second-order valence-corrected chi connectivity index (χ2v) is 6.25. The van der Waals surface area contributed by atoms with Crippen molar-refractivity contribution in [3.8, 4) is 5.75 Å². The van der Waals surface area contributed by atoms with Crippen LogP contribution < -0.4 is 14.8 Å². The van der Waals surface area contributed by atoms with Gasteiger partial charge in [-0.1, -0.05) is 26.0 Å². The van der Waals surface area contributed by atoms with Crippen LogP contribution in [-0.4, -0.2) is 34.7 Å². The summed E-state index contributed by atoms with van der Waals surface area (Å²) in [5.74, 6) is 0.357. The van der Waals surface area contributed by atoms with Crippen LogP contribution in [-0.2, 0) is 10.0 Å². The van der Waals surface area contributed by atoms with Crippen LogP contribution in [0.25, 0.3) is 0 Å². The Balaban J connectivity index is 2.56. The van der Waals surface area contributed by atoms with Crippen molar-refractivity contribution in [2.24, 2.45) is 0 Å². The molecule has 0 aromatic heterocycles. The molecule has 19 heavy (non-hydrogen) atoms. The molecular formula is C13H22N2O3S. The van der Waals surface area contributed by atoms with Crippen LogP contribution in [0.2, 0.25) is 0 Å². The molecule has 0 fully saturated rings. The predicted molar refractivity (Wildman–Crippen MR) is 75.9 cm³/mol. The van der Waals surface area contributed by atoms with E-state index in [0.717, 1.165) is 13.0 Å². The van der Waals surface area contributed by atoms with Gasteiger partial charge in [0.1, 0.15) is 10.6 Å². The third-order valence-electron chi connectivity index (χ3n) is 2.56. The van der Waals surface area contributed by atoms with Crippen LogP contribution in [0, 0.1) is 0 Å². The minimum absolute atomic E-state index is 0.175. The highest BCUT2D eigenvalue weighted by Crippen LogP contribution is 2.22. The molecule has 2 N–H and O–H groups in total. The Morgan fingerprint density at radius 3 is 2.53 bits per heavy atom. The van der Waals surface area contributed by atoms with Gasteiger partial charge in [-0.25, -0.2) is 13.1 Å². The predicted octanol–water partition coefficient (Wildman–Crippen LogP) is 1.36. The summed E-state index contributed by atoms with van der Waals surface area (Å²) in [5, 5.41) is 3.23. The summed E-state index contributed by atoms with van der Waals surface area (Å²) in [4.78, 5) is 0.175. The maximum atomic E-state index is 12.1. The molecule has 0 saturated carbocycles. The quantitative estimate of drug-likeness (QED) is 0.708. The molecule has 0 amide bonds. The number of para-hydroxylation sites is 1. The first-order valence-corrected chi connectivity index (χ1v) is 7.81. The standard InChI is InChI=1S/C13H22N2O3S/c1-11(2)14-9-6-10-15-19(16,17)13-8-5-4-7-12(13)18-3/h4-5,7-8,11,14-15H,6,9-10H2,1-3H3. The van der Waals surface area contributed by atoms with E-state index >= 15 is 0 Å². The highest BCUT2D eigenvalue weighted by molar-refractivity contribution is 7.89. The van der Waals surface area contributed by atoms with Crippen molar-refractivity contribution in [3.63, 3.8) is 0 Å². The Kier molecular flexibility index (Phi) is 6.27. The molecule has 0 bridgehead atoms. The van der Waals surface area contributed by atoms with E-state index < -0.39 is 10.0 Å². The maximum Gasteiger partial charge on any atom is 0.244 e. The van der Waals surface area contributed by atoms with Gasteiger partial charge in [0, 0.05) is 12.6 Å². The Hall–Kier alpha value is -1.11. The fourth-order valence-corrected chi connectivity index (χ4v) is 2.85. The van der Waals surface area contributed by atoms with Gasteiger partial charge >= 0.3 is 0 Å². The summed E-state index contributed by atoms with van der Waals surface area (Å²) in [7, 11) is -2.05. The molecular weight excluding hydrogens is 264 g/mol. The number of hydrogen-bond donors (Lipinski definition) is 2. The van der Waals surface area contributed by atoms with E-state index in [4.69, 9.17) is 4.74 Å². The second kappa shape index (κ2) is 7.47. The van der Waals surface area contributed by atoms with Crippen molar-refractivity contribution in [1.82, 2.24) is 10.0 Å². The summed E-state index contributed by atoms with van der Waals surface area (Å²) < 4.78 is 31.8. The molecule has 0 unspecified atom stereocenters. The molecule has 0 aliphatic carbocycles. The average molecular weight is 286 g/mol. The fraction of sp³-hybridized carbons (Fsp3) is 0.538. The van der Waals surface area contributed by atoms with Gasteiger partial charge in [0.15, 0.2) is 0 Å². The highest BCUT2D eigenvalue weighted by Gasteiger charge is 2.17. The molecule has 0 radical (unpaired) electrons. The lowest BCUT2D eigenvalue weighted by molar-refractivity contribution is 0.402. The topological polar surface area (TPSA) is 67.4 Å². The van der Waals surface area contributed by atoms with Crippen molar-refractivity contribution >= 4 is 10.0 Å². The number of ether oxygens (including phenoxy) is 1. The molecule has 1 aromatic carbocycles. The van der Waals surface area contributed by atoms with Gasteiger partial charge in [-0.15, -0.1) is 0 Å². The number of hydrogen-bond acceptors (Lipinski definition) is 4. The number of nitrogens with one attached hydrogen (secondary N) is 2. The fourth-order valence-electron chi connectivity index (χ4n) is 1.60. The molecule has 6 heteroatoms. The summed E-state index contributed by atoms with van der Waals surface area (Å²) in [6.45, 7) is 5.30. The first-order valence-electron chi connectivity index (χ1n) is 6.33. The smallest absolute Gasteiger partial charge is 0.244 e. The van der Waals surface area contributed by atoms with Gasteiger partial charge in [-0.05, 0) is 25.1 Å². The molecule has 0 atom stereocenters. The van der Waals surface area contributed by atoms with Crippen molar-refractivity contribution < 1.29 is 13.2 Å². The molecule has 5 nitrogen and oxygen atoms in total. The first-order chi connectivity index (χ1) is 8.97. The monoisotopic (exact) mass is 286 g/mol. The normalized spacial score (nSPS) is 11.8. The summed E-state index contributed by atoms with van der Waals surface area (Å²) in [6.07, 6.45) is 0.743. The van der Waals surface area contributed by atoms with Gasteiger partial charge in [0.05, 0.1) is 7.11 Å². The number of methoxy groups -OCH3 is 1. The molecule has 0 spiro atoms. The zero-order valence-electron chi connectivity index (χ0n) is 11.6. The van der Waals surface area contributed by atoms with E-state index in [0.29, 0.717) is 18.3 Å². The molecule has 0 aliphatic heterocycles. The van der Waals surface area contributed by atoms with Crippen LogP contribution in [0.1, 0.15) is 20.3 Å². The van der Waals surface area contributed by atoms with Crippen LogP contribution in [0.15, 0.2) is 29.2 Å². The molecule has 108 valence electrons. The largest absolute Gasteiger partial charge is 0.495 e. The molecule has 0 aliphatic rings. The zero-order chi connectivity index (χ0) is 14.3. The Labute approximate surface area is 115 Å². The van der Waals surface area contributed by atoms with E-state index in [2.05, 4.69) is 23.9 Å². The third-order valence-corrected chi connectivity index (χ3v) is 4.06. The maximum absolute atomic E-state index is 12.1. The van der Waals surface area contributed by atoms with Gasteiger partial charge in [0.2, 0.25) is 10.0 Å². The first kappa shape index (κ1) is 15.9.